The van der Waals surface area contributed by atoms with Crippen LogP contribution in [-0.4, -0.2) is 15.6 Å². The number of nitrogens with zero attached hydrogens (tertiary/aromatic N) is 2. The molecule has 0 atom stereocenters. The molecule has 0 fully saturated rings. The molecule has 0 spiro atoms. The summed E-state index contributed by atoms with van der Waals surface area (Å²) >= 11 is 15.5. The molecule has 0 aliphatic carbocycles. The van der Waals surface area contributed by atoms with Crippen LogP contribution in [0.4, 0.5) is 0 Å². The molecule has 0 aliphatic heterocycles. The lowest BCUT2D eigenvalue weighted by Gasteiger charge is -2.04. The van der Waals surface area contributed by atoms with Gasteiger partial charge in [-0.2, -0.15) is 5.10 Å². The number of halogens is 3. The van der Waals surface area contributed by atoms with Crippen molar-refractivity contribution in [3.8, 4) is 0 Å². The first kappa shape index (κ1) is 14.6. The van der Waals surface area contributed by atoms with E-state index in [1.54, 1.807) is 29.9 Å². The quantitative estimate of drug-likeness (QED) is 0.767. The van der Waals surface area contributed by atoms with Gasteiger partial charge in [0.05, 0.1) is 10.7 Å². The summed E-state index contributed by atoms with van der Waals surface area (Å²) in [5.41, 5.74) is 1.98. The summed E-state index contributed by atoms with van der Waals surface area (Å²) in [7, 11) is 1.75. The summed E-state index contributed by atoms with van der Waals surface area (Å²) in [5, 5.41) is 5.11. The third kappa shape index (κ3) is 3.02. The standard InChI is InChI=1S/C13H11BrCl2N2O/c1-7-9(13(16)18(2)17-7)6-12(19)10-5-8(14)3-4-11(10)15/h3-5H,6H2,1-2H3. The number of Topliss-reactive ketones (excluding diaryl/α,β-unsaturated/α-hetero) is 1. The number of rotatable bonds is 3. The van der Waals surface area contributed by atoms with Crippen molar-refractivity contribution >= 4 is 44.9 Å². The van der Waals surface area contributed by atoms with Crippen LogP contribution < -0.4 is 0 Å². The molecule has 1 heterocycles. The van der Waals surface area contributed by atoms with Gasteiger partial charge in [-0.3, -0.25) is 9.48 Å². The first-order chi connectivity index (χ1) is 8.90. The number of carbonyl (C=O) groups excluding carboxylic acids is 1. The Kier molecular flexibility index (Phi) is 4.33. The minimum Gasteiger partial charge on any atom is -0.294 e. The van der Waals surface area contributed by atoms with Crippen LogP contribution in [0.2, 0.25) is 10.2 Å². The molecule has 0 amide bonds. The smallest absolute Gasteiger partial charge is 0.168 e. The Morgan fingerprint density at radius 3 is 2.68 bits per heavy atom. The molecule has 100 valence electrons. The number of hydrogen-bond donors (Lipinski definition) is 0. The van der Waals surface area contributed by atoms with E-state index in [1.807, 2.05) is 6.92 Å². The second-order valence-electron chi connectivity index (χ2n) is 4.20. The van der Waals surface area contributed by atoms with Gasteiger partial charge in [0.2, 0.25) is 0 Å². The maximum absolute atomic E-state index is 12.3. The number of aryl methyl sites for hydroxylation is 2. The predicted molar refractivity (Wildman–Crippen MR) is 80.1 cm³/mol. The minimum atomic E-state index is -0.0794. The van der Waals surface area contributed by atoms with Gasteiger partial charge in [0.25, 0.3) is 0 Å². The van der Waals surface area contributed by atoms with Gasteiger partial charge < -0.3 is 0 Å². The first-order valence-electron chi connectivity index (χ1n) is 5.56. The van der Waals surface area contributed by atoms with Crippen LogP contribution in [-0.2, 0) is 13.5 Å². The number of ketones is 1. The lowest BCUT2D eigenvalue weighted by atomic mass is 10.0. The van der Waals surface area contributed by atoms with Gasteiger partial charge in [-0.25, -0.2) is 0 Å². The van der Waals surface area contributed by atoms with Crippen molar-refractivity contribution in [1.29, 1.82) is 0 Å². The topological polar surface area (TPSA) is 34.9 Å². The van der Waals surface area contributed by atoms with Crippen molar-refractivity contribution in [3.63, 3.8) is 0 Å². The SMILES string of the molecule is Cc1nn(C)c(Cl)c1CC(=O)c1cc(Br)ccc1Cl. The lowest BCUT2D eigenvalue weighted by molar-refractivity contribution is 0.0993. The van der Waals surface area contributed by atoms with E-state index < -0.39 is 0 Å². The molecule has 1 aromatic heterocycles. The number of benzene rings is 1. The van der Waals surface area contributed by atoms with Crippen LogP contribution >= 0.6 is 39.1 Å². The molecule has 0 unspecified atom stereocenters. The van der Waals surface area contributed by atoms with Crippen molar-refractivity contribution < 1.29 is 4.79 Å². The van der Waals surface area contributed by atoms with E-state index in [0.29, 0.717) is 15.7 Å². The van der Waals surface area contributed by atoms with Crippen molar-refractivity contribution in [1.82, 2.24) is 9.78 Å². The summed E-state index contributed by atoms with van der Waals surface area (Å²) in [6.07, 6.45) is 0.189. The van der Waals surface area contributed by atoms with Crippen molar-refractivity contribution in [2.24, 2.45) is 7.05 Å². The van der Waals surface area contributed by atoms with Gasteiger partial charge in [-0.05, 0) is 25.1 Å². The van der Waals surface area contributed by atoms with Crippen LogP contribution in [0.1, 0.15) is 21.6 Å². The molecular weight excluding hydrogens is 351 g/mol. The normalized spacial score (nSPS) is 10.8. The fourth-order valence-electron chi connectivity index (χ4n) is 1.84. The Morgan fingerprint density at radius 1 is 1.42 bits per heavy atom. The Labute approximate surface area is 129 Å². The van der Waals surface area contributed by atoms with Crippen LogP contribution in [0.25, 0.3) is 0 Å². The van der Waals surface area contributed by atoms with Gasteiger partial charge >= 0.3 is 0 Å². The van der Waals surface area contributed by atoms with Crippen LogP contribution in [0, 0.1) is 6.92 Å². The monoisotopic (exact) mass is 360 g/mol. The van der Waals surface area contributed by atoms with Crippen LogP contribution in [0.3, 0.4) is 0 Å². The van der Waals surface area contributed by atoms with Crippen LogP contribution in [0.5, 0.6) is 0 Å². The summed E-state index contributed by atoms with van der Waals surface area (Å²) < 4.78 is 2.37. The van der Waals surface area contributed by atoms with E-state index in [9.17, 15) is 4.79 Å². The summed E-state index contributed by atoms with van der Waals surface area (Å²) in [4.78, 5) is 12.3. The van der Waals surface area contributed by atoms with Gasteiger partial charge in [0.1, 0.15) is 5.15 Å². The highest BCUT2D eigenvalue weighted by Gasteiger charge is 2.18. The predicted octanol–water partition coefficient (Wildman–Crippen LogP) is 4.22. The zero-order valence-electron chi connectivity index (χ0n) is 10.4. The lowest BCUT2D eigenvalue weighted by Crippen LogP contribution is -2.05. The molecule has 1 aromatic carbocycles. The highest BCUT2D eigenvalue weighted by Crippen LogP contribution is 2.25. The van der Waals surface area contributed by atoms with Gasteiger partial charge in [-0.15, -0.1) is 0 Å². The molecule has 0 saturated carbocycles. The van der Waals surface area contributed by atoms with E-state index in [1.165, 1.54) is 0 Å². The fourth-order valence-corrected chi connectivity index (χ4v) is 2.67. The Balaban J connectivity index is 2.33. The number of hydrogen-bond acceptors (Lipinski definition) is 2. The molecule has 6 heteroatoms. The zero-order valence-corrected chi connectivity index (χ0v) is 13.5. The second-order valence-corrected chi connectivity index (χ2v) is 5.88. The Morgan fingerprint density at radius 2 is 2.11 bits per heavy atom. The number of aromatic nitrogens is 2. The molecule has 2 rings (SSSR count). The average Bonchev–Trinajstić information content (AvgIpc) is 2.59. The van der Waals surface area contributed by atoms with Crippen LogP contribution in [0.15, 0.2) is 22.7 Å². The molecular formula is C13H11BrCl2N2O. The molecule has 0 bridgehead atoms. The van der Waals surface area contributed by atoms with E-state index in [-0.39, 0.29) is 12.2 Å². The zero-order chi connectivity index (χ0) is 14.2. The molecule has 0 aliphatic rings. The molecule has 2 aromatic rings. The maximum Gasteiger partial charge on any atom is 0.168 e. The van der Waals surface area contributed by atoms with E-state index >= 15 is 0 Å². The van der Waals surface area contributed by atoms with Crippen molar-refractivity contribution in [2.75, 3.05) is 0 Å². The minimum absolute atomic E-state index is 0.0794. The number of carbonyl (C=O) groups is 1. The van der Waals surface area contributed by atoms with Gasteiger partial charge in [0, 0.05) is 29.1 Å². The van der Waals surface area contributed by atoms with E-state index in [2.05, 4.69) is 21.0 Å². The van der Waals surface area contributed by atoms with Crippen molar-refractivity contribution in [3.05, 3.63) is 49.7 Å². The third-order valence-electron chi connectivity index (χ3n) is 2.84. The Hall–Kier alpha value is -0.840. The summed E-state index contributed by atoms with van der Waals surface area (Å²) in [6, 6.07) is 5.20. The maximum atomic E-state index is 12.3. The summed E-state index contributed by atoms with van der Waals surface area (Å²) in [5.74, 6) is -0.0794. The Bertz CT molecular complexity index is 652. The third-order valence-corrected chi connectivity index (χ3v) is 4.13. The molecule has 19 heavy (non-hydrogen) atoms. The second kappa shape index (κ2) is 5.65. The molecule has 0 saturated heterocycles. The van der Waals surface area contributed by atoms with Gasteiger partial charge in [0.15, 0.2) is 5.78 Å². The summed E-state index contributed by atoms with van der Waals surface area (Å²) in [6.45, 7) is 1.83. The van der Waals surface area contributed by atoms with Crippen molar-refractivity contribution in [2.45, 2.75) is 13.3 Å². The largest absolute Gasteiger partial charge is 0.294 e. The fraction of sp³-hybridized carbons (Fsp3) is 0.231. The highest BCUT2D eigenvalue weighted by molar-refractivity contribution is 9.10. The van der Waals surface area contributed by atoms with E-state index in [4.69, 9.17) is 23.2 Å². The average molecular weight is 362 g/mol. The first-order valence-corrected chi connectivity index (χ1v) is 7.11. The van der Waals surface area contributed by atoms with E-state index in [0.717, 1.165) is 15.7 Å². The van der Waals surface area contributed by atoms with Gasteiger partial charge in [-0.1, -0.05) is 39.1 Å². The molecule has 0 radical (unpaired) electrons. The molecule has 3 nitrogen and oxygen atoms in total. The highest BCUT2D eigenvalue weighted by atomic mass is 79.9. The molecule has 0 N–H and O–H groups in total.